The monoisotopic (exact) mass is 450 g/mol. The molecule has 0 spiro atoms. The van der Waals surface area contributed by atoms with Crippen molar-refractivity contribution in [2.45, 2.75) is 13.0 Å². The van der Waals surface area contributed by atoms with Gasteiger partial charge in [-0.2, -0.15) is 5.10 Å². The molecule has 0 radical (unpaired) electrons. The molecular formula is C27H22N4O3. The van der Waals surface area contributed by atoms with Crippen LogP contribution in [0.4, 0.5) is 0 Å². The van der Waals surface area contributed by atoms with Crippen LogP contribution >= 0.6 is 0 Å². The summed E-state index contributed by atoms with van der Waals surface area (Å²) in [7, 11) is 0. The van der Waals surface area contributed by atoms with E-state index in [-0.39, 0.29) is 24.3 Å². The third-order valence-corrected chi connectivity index (χ3v) is 5.74. The Morgan fingerprint density at radius 1 is 0.824 bits per heavy atom. The van der Waals surface area contributed by atoms with Crippen molar-refractivity contribution in [3.05, 3.63) is 119 Å². The molecule has 0 unspecified atom stereocenters. The fourth-order valence-corrected chi connectivity index (χ4v) is 4.00. The number of rotatable bonds is 7. The highest BCUT2D eigenvalue weighted by molar-refractivity contribution is 6.21. The number of nitrogens with zero attached hydrogens (tertiary/aromatic N) is 3. The molecule has 0 bridgehead atoms. The van der Waals surface area contributed by atoms with Crippen LogP contribution in [0.2, 0.25) is 0 Å². The Balaban J connectivity index is 1.19. The molecule has 3 aromatic carbocycles. The van der Waals surface area contributed by atoms with Crippen molar-refractivity contribution in [1.82, 2.24) is 20.0 Å². The van der Waals surface area contributed by atoms with Crippen molar-refractivity contribution in [2.24, 2.45) is 0 Å². The van der Waals surface area contributed by atoms with Gasteiger partial charge in [-0.15, -0.1) is 0 Å². The smallest absolute Gasteiger partial charge is 0.261 e. The number of amides is 3. The molecule has 0 saturated carbocycles. The van der Waals surface area contributed by atoms with Crippen molar-refractivity contribution in [3.8, 4) is 5.69 Å². The minimum atomic E-state index is -0.314. The third kappa shape index (κ3) is 4.23. The third-order valence-electron chi connectivity index (χ3n) is 5.74. The normalized spacial score (nSPS) is 12.6. The number of fused-ring (bicyclic) bond motifs is 1. The number of carbonyl (C=O) groups is 3. The number of nitrogens with one attached hydrogen (secondary N) is 1. The van der Waals surface area contributed by atoms with E-state index in [1.165, 1.54) is 4.90 Å². The van der Waals surface area contributed by atoms with Gasteiger partial charge in [-0.1, -0.05) is 42.5 Å². The second-order valence-electron chi connectivity index (χ2n) is 8.04. The molecule has 7 nitrogen and oxygen atoms in total. The van der Waals surface area contributed by atoms with Crippen LogP contribution in [0.5, 0.6) is 0 Å². The highest BCUT2D eigenvalue weighted by Gasteiger charge is 2.34. The summed E-state index contributed by atoms with van der Waals surface area (Å²) in [5.74, 6) is -0.845. The minimum absolute atomic E-state index is 0.115. The molecule has 2 heterocycles. The standard InChI is InChI=1S/C27H22N4O3/c32-25(28-15-13-21-14-16-31(29-21)22-9-2-1-3-10-22)20-8-6-7-19(17-20)18-30-26(33)23-11-4-5-12-24(23)27(30)34/h1-12,14,16-17H,13,15,18H2,(H,28,32). The first-order valence-corrected chi connectivity index (χ1v) is 11.0. The van der Waals surface area contributed by atoms with Crippen LogP contribution < -0.4 is 5.32 Å². The molecule has 1 aromatic heterocycles. The maximum absolute atomic E-state index is 12.7. The quantitative estimate of drug-likeness (QED) is 0.436. The van der Waals surface area contributed by atoms with Crippen molar-refractivity contribution >= 4 is 17.7 Å². The molecule has 168 valence electrons. The number of hydrogen-bond acceptors (Lipinski definition) is 4. The summed E-state index contributed by atoms with van der Waals surface area (Å²) in [5.41, 5.74) is 3.87. The number of imide groups is 1. The number of carbonyl (C=O) groups excluding carboxylic acids is 3. The fraction of sp³-hybridized carbons (Fsp3) is 0.111. The Bertz CT molecular complexity index is 1340. The summed E-state index contributed by atoms with van der Waals surface area (Å²) in [6.07, 6.45) is 2.50. The van der Waals surface area contributed by atoms with Crippen molar-refractivity contribution < 1.29 is 14.4 Å². The first kappa shape index (κ1) is 21.3. The van der Waals surface area contributed by atoms with Crippen LogP contribution in [0.1, 0.15) is 42.3 Å². The van der Waals surface area contributed by atoms with Crippen LogP contribution in [0, 0.1) is 0 Å². The number of hydrogen-bond donors (Lipinski definition) is 1. The molecule has 1 N–H and O–H groups in total. The van der Waals surface area contributed by atoms with Crippen LogP contribution in [0.25, 0.3) is 5.69 Å². The first-order chi connectivity index (χ1) is 16.6. The fourth-order valence-electron chi connectivity index (χ4n) is 4.00. The van der Waals surface area contributed by atoms with Gasteiger partial charge >= 0.3 is 0 Å². The summed E-state index contributed by atoms with van der Waals surface area (Å²) >= 11 is 0. The Morgan fingerprint density at radius 2 is 1.53 bits per heavy atom. The number of para-hydroxylation sites is 1. The minimum Gasteiger partial charge on any atom is -0.352 e. The highest BCUT2D eigenvalue weighted by Crippen LogP contribution is 2.24. The first-order valence-electron chi connectivity index (χ1n) is 11.0. The largest absolute Gasteiger partial charge is 0.352 e. The molecule has 0 atom stereocenters. The summed E-state index contributed by atoms with van der Waals surface area (Å²) in [5, 5.41) is 7.46. The Labute approximate surface area is 196 Å². The van der Waals surface area contributed by atoms with E-state index in [0.717, 1.165) is 11.4 Å². The lowest BCUT2D eigenvalue weighted by atomic mass is 10.1. The average Bonchev–Trinajstić information content (AvgIpc) is 3.44. The predicted molar refractivity (Wildman–Crippen MR) is 127 cm³/mol. The molecule has 0 fully saturated rings. The van der Waals surface area contributed by atoms with Gasteiger partial charge in [0.05, 0.1) is 29.1 Å². The Morgan fingerprint density at radius 3 is 2.26 bits per heavy atom. The molecule has 0 saturated heterocycles. The van der Waals surface area contributed by atoms with Gasteiger partial charge < -0.3 is 5.32 Å². The van der Waals surface area contributed by atoms with E-state index in [1.807, 2.05) is 42.6 Å². The van der Waals surface area contributed by atoms with Crippen molar-refractivity contribution in [2.75, 3.05) is 6.54 Å². The van der Waals surface area contributed by atoms with Gasteiger partial charge in [0.1, 0.15) is 0 Å². The zero-order chi connectivity index (χ0) is 23.5. The number of benzene rings is 3. The van der Waals surface area contributed by atoms with E-state index in [2.05, 4.69) is 10.4 Å². The molecule has 0 aliphatic carbocycles. The van der Waals surface area contributed by atoms with E-state index in [0.29, 0.717) is 35.2 Å². The van der Waals surface area contributed by atoms with Gasteiger partial charge in [0.25, 0.3) is 17.7 Å². The molecule has 4 aromatic rings. The van der Waals surface area contributed by atoms with E-state index in [1.54, 1.807) is 53.2 Å². The van der Waals surface area contributed by atoms with Gasteiger partial charge in [-0.05, 0) is 48.0 Å². The highest BCUT2D eigenvalue weighted by atomic mass is 16.2. The summed E-state index contributed by atoms with van der Waals surface area (Å²) in [4.78, 5) is 39.1. The lowest BCUT2D eigenvalue weighted by Crippen LogP contribution is -2.29. The van der Waals surface area contributed by atoms with Gasteiger partial charge in [-0.25, -0.2) is 4.68 Å². The van der Waals surface area contributed by atoms with Crippen LogP contribution in [-0.4, -0.2) is 38.9 Å². The second-order valence-corrected chi connectivity index (χ2v) is 8.04. The van der Waals surface area contributed by atoms with Crippen molar-refractivity contribution in [1.29, 1.82) is 0 Å². The van der Waals surface area contributed by atoms with Gasteiger partial charge in [0.15, 0.2) is 0 Å². The van der Waals surface area contributed by atoms with Gasteiger partial charge in [0, 0.05) is 24.7 Å². The maximum atomic E-state index is 12.7. The molecule has 1 aliphatic heterocycles. The molecule has 1 aliphatic rings. The summed E-state index contributed by atoms with van der Waals surface area (Å²) in [6, 6.07) is 25.5. The SMILES string of the molecule is O=C(NCCc1ccn(-c2ccccc2)n1)c1cccc(CN2C(=O)c3ccccc3C2=O)c1. The van der Waals surface area contributed by atoms with Crippen molar-refractivity contribution in [3.63, 3.8) is 0 Å². The van der Waals surface area contributed by atoms with E-state index < -0.39 is 0 Å². The lowest BCUT2D eigenvalue weighted by Gasteiger charge is -2.14. The Kier molecular flexibility index (Phi) is 5.74. The number of aromatic nitrogens is 2. The van der Waals surface area contributed by atoms with Crippen LogP contribution in [-0.2, 0) is 13.0 Å². The van der Waals surface area contributed by atoms with Gasteiger partial charge in [0.2, 0.25) is 0 Å². The maximum Gasteiger partial charge on any atom is 0.261 e. The zero-order valence-electron chi connectivity index (χ0n) is 18.3. The molecule has 3 amide bonds. The topological polar surface area (TPSA) is 84.3 Å². The van der Waals surface area contributed by atoms with E-state index in [4.69, 9.17) is 0 Å². The van der Waals surface area contributed by atoms with Crippen LogP contribution in [0.15, 0.2) is 91.1 Å². The molecule has 5 rings (SSSR count). The Hall–Kier alpha value is -4.52. The zero-order valence-corrected chi connectivity index (χ0v) is 18.3. The molecule has 34 heavy (non-hydrogen) atoms. The van der Waals surface area contributed by atoms with Crippen LogP contribution in [0.3, 0.4) is 0 Å². The van der Waals surface area contributed by atoms with Gasteiger partial charge in [-0.3, -0.25) is 19.3 Å². The average molecular weight is 450 g/mol. The summed E-state index contributed by atoms with van der Waals surface area (Å²) in [6.45, 7) is 0.553. The second kappa shape index (κ2) is 9.15. The van der Waals surface area contributed by atoms with E-state index in [9.17, 15) is 14.4 Å². The molecule has 7 heteroatoms. The lowest BCUT2D eigenvalue weighted by molar-refractivity contribution is 0.0642. The summed E-state index contributed by atoms with van der Waals surface area (Å²) < 4.78 is 1.81. The molecular weight excluding hydrogens is 428 g/mol. The predicted octanol–water partition coefficient (Wildman–Crippen LogP) is 3.64. The van der Waals surface area contributed by atoms with E-state index >= 15 is 0 Å².